The fourth-order valence-electron chi connectivity index (χ4n) is 5.57. The van der Waals surface area contributed by atoms with E-state index in [0.29, 0.717) is 40.8 Å². The van der Waals surface area contributed by atoms with Crippen LogP contribution >= 0.6 is 0 Å². The second-order valence-electron chi connectivity index (χ2n) is 10.5. The second-order valence-corrected chi connectivity index (χ2v) is 10.5. The van der Waals surface area contributed by atoms with Gasteiger partial charge in [-0.2, -0.15) is 4.98 Å². The van der Waals surface area contributed by atoms with Crippen LogP contribution in [0.5, 0.6) is 0 Å². The molecular weight excluding hydrogens is 544 g/mol. The van der Waals surface area contributed by atoms with Crippen LogP contribution in [0.15, 0.2) is 77.6 Å². The van der Waals surface area contributed by atoms with Gasteiger partial charge in [0, 0.05) is 31.9 Å². The number of rotatable bonds is 9. The lowest BCUT2D eigenvalue weighted by Crippen LogP contribution is -2.28. The fourth-order valence-corrected chi connectivity index (χ4v) is 5.57. The molecule has 0 aliphatic carbocycles. The molecule has 0 bridgehead atoms. The molecule has 11 nitrogen and oxygen atoms in total. The number of hydrogen-bond donors (Lipinski definition) is 2. The van der Waals surface area contributed by atoms with Crippen LogP contribution in [0.1, 0.15) is 36.7 Å². The summed E-state index contributed by atoms with van der Waals surface area (Å²) in [5.74, 6) is -0.265. The molecule has 220 valence electrons. The quantitative estimate of drug-likeness (QED) is 0.239. The van der Waals surface area contributed by atoms with Gasteiger partial charge in [0.2, 0.25) is 5.91 Å². The summed E-state index contributed by atoms with van der Waals surface area (Å²) < 4.78 is 7.76. The van der Waals surface area contributed by atoms with Crippen molar-refractivity contribution in [2.75, 3.05) is 43.8 Å². The summed E-state index contributed by atoms with van der Waals surface area (Å²) in [4.78, 5) is 43.6. The van der Waals surface area contributed by atoms with Gasteiger partial charge in [0.05, 0.1) is 17.0 Å². The molecule has 11 heteroatoms. The minimum Gasteiger partial charge on any atom is -0.423 e. The zero-order chi connectivity index (χ0) is 29.9. The lowest BCUT2D eigenvalue weighted by atomic mass is 10.1. The third-order valence-electron chi connectivity index (χ3n) is 7.99. The smallest absolute Gasteiger partial charge is 0.302 e. The molecule has 1 unspecified atom stereocenters. The van der Waals surface area contributed by atoms with Crippen molar-refractivity contribution in [3.63, 3.8) is 0 Å². The number of nitrogens with two attached hydrogens (primary N) is 1. The van der Waals surface area contributed by atoms with E-state index in [4.69, 9.17) is 10.2 Å². The highest BCUT2D eigenvalue weighted by molar-refractivity contribution is 6.14. The van der Waals surface area contributed by atoms with Crippen molar-refractivity contribution in [2.45, 2.75) is 26.3 Å². The highest BCUT2D eigenvalue weighted by Crippen LogP contribution is 2.32. The number of fused-ring (bicyclic) bond motifs is 2. The van der Waals surface area contributed by atoms with Gasteiger partial charge in [-0.3, -0.25) is 14.9 Å². The molecular formula is C32H34N8O3. The molecule has 1 fully saturated rings. The molecule has 5 aromatic rings. The van der Waals surface area contributed by atoms with Gasteiger partial charge < -0.3 is 24.5 Å². The Bertz CT molecular complexity index is 1810. The van der Waals surface area contributed by atoms with Crippen LogP contribution in [0.3, 0.4) is 0 Å². The van der Waals surface area contributed by atoms with Gasteiger partial charge in [0.15, 0.2) is 5.58 Å². The fraction of sp³-hybridized carbons (Fsp3) is 0.281. The largest absolute Gasteiger partial charge is 0.423 e. The van der Waals surface area contributed by atoms with Crippen LogP contribution < -0.4 is 11.1 Å². The predicted octanol–water partition coefficient (Wildman–Crippen LogP) is 4.75. The van der Waals surface area contributed by atoms with Crippen LogP contribution in [0.25, 0.3) is 33.3 Å². The van der Waals surface area contributed by atoms with Crippen molar-refractivity contribution in [1.29, 1.82) is 0 Å². The minimum atomic E-state index is -0.439. The van der Waals surface area contributed by atoms with E-state index < -0.39 is 5.91 Å². The van der Waals surface area contributed by atoms with Gasteiger partial charge in [-0.25, -0.2) is 9.97 Å². The van der Waals surface area contributed by atoms with E-state index in [1.165, 1.54) is 6.33 Å². The molecule has 43 heavy (non-hydrogen) atoms. The predicted molar refractivity (Wildman–Crippen MR) is 167 cm³/mol. The monoisotopic (exact) mass is 578 g/mol. The van der Waals surface area contributed by atoms with Gasteiger partial charge in [0.1, 0.15) is 23.3 Å². The van der Waals surface area contributed by atoms with Crippen molar-refractivity contribution in [3.8, 4) is 11.1 Å². The molecule has 1 atom stereocenters. The highest BCUT2D eigenvalue weighted by Gasteiger charge is 2.30. The maximum atomic E-state index is 13.6. The zero-order valence-corrected chi connectivity index (χ0v) is 24.2. The van der Waals surface area contributed by atoms with Crippen LogP contribution in [-0.4, -0.2) is 73.9 Å². The number of nitrogens with one attached hydrogen (secondary N) is 1. The van der Waals surface area contributed by atoms with Crippen molar-refractivity contribution >= 4 is 45.8 Å². The average Bonchev–Trinajstić information content (AvgIpc) is 3.76. The number of likely N-dealkylation sites (N-methyl/N-ethyl adjacent to an activating group) is 1. The number of aromatic nitrogens is 4. The third kappa shape index (κ3) is 5.71. The van der Waals surface area contributed by atoms with Crippen LogP contribution in [-0.2, 0) is 4.79 Å². The van der Waals surface area contributed by atoms with Crippen molar-refractivity contribution in [2.24, 2.45) is 0 Å². The van der Waals surface area contributed by atoms with E-state index >= 15 is 0 Å². The van der Waals surface area contributed by atoms with Crippen molar-refractivity contribution < 1.29 is 14.0 Å². The van der Waals surface area contributed by atoms with Gasteiger partial charge in [0.25, 0.3) is 5.91 Å². The highest BCUT2D eigenvalue weighted by atomic mass is 16.4. The van der Waals surface area contributed by atoms with Gasteiger partial charge in [-0.1, -0.05) is 56.3 Å². The van der Waals surface area contributed by atoms with Gasteiger partial charge >= 0.3 is 6.01 Å². The Morgan fingerprint density at radius 2 is 1.93 bits per heavy atom. The number of hydrogen-bond acceptors (Lipinski definition) is 8. The number of nitrogens with zero attached hydrogens (tertiary/aromatic N) is 6. The van der Waals surface area contributed by atoms with E-state index in [9.17, 15) is 9.59 Å². The van der Waals surface area contributed by atoms with E-state index in [0.717, 1.165) is 37.2 Å². The summed E-state index contributed by atoms with van der Waals surface area (Å²) in [6, 6.07) is 15.7. The molecule has 1 aliphatic rings. The average molecular weight is 579 g/mol. The molecule has 1 saturated heterocycles. The first-order valence-electron chi connectivity index (χ1n) is 14.5. The topological polar surface area (TPSA) is 135 Å². The van der Waals surface area contributed by atoms with Gasteiger partial charge in [-0.15, -0.1) is 0 Å². The number of benzene rings is 2. The maximum Gasteiger partial charge on any atom is 0.302 e. The van der Waals surface area contributed by atoms with Crippen molar-refractivity contribution in [3.05, 3.63) is 78.8 Å². The first-order chi connectivity index (χ1) is 20.9. The maximum absolute atomic E-state index is 13.6. The standard InChI is InChI=1S/C32H34N8O3/c1-3-38(4-2)15-8-11-27(41)39-16-14-23(18-39)40-19-24(28-29(33)34-20-35-30(28)40)31(42)37-32-36-25-17-22(12-13-26(25)43-32)21-9-6-5-7-10-21/h5-13,17,19-20,23H,3-4,14-16,18H2,1-2H3,(H2,33,34,35)(H,36,37,42). The minimum absolute atomic E-state index is 0.0235. The van der Waals surface area contributed by atoms with E-state index in [1.54, 1.807) is 12.3 Å². The third-order valence-corrected chi connectivity index (χ3v) is 7.99. The van der Waals surface area contributed by atoms with Crippen molar-refractivity contribution in [1.82, 2.24) is 29.3 Å². The summed E-state index contributed by atoms with van der Waals surface area (Å²) in [7, 11) is 0. The molecule has 6 rings (SSSR count). The number of anilines is 2. The van der Waals surface area contributed by atoms with E-state index in [2.05, 4.69) is 39.0 Å². The lowest BCUT2D eigenvalue weighted by molar-refractivity contribution is -0.125. The lowest BCUT2D eigenvalue weighted by Gasteiger charge is -2.17. The SMILES string of the molecule is CCN(CC)CC=CC(=O)N1CCC(n2cc(C(=O)Nc3nc4cc(-c5ccccc5)ccc4o3)c3c(N)ncnc32)C1. The molecule has 3 N–H and O–H groups in total. The van der Waals surface area contributed by atoms with Crippen LogP contribution in [0, 0.1) is 0 Å². The molecule has 4 heterocycles. The molecule has 0 saturated carbocycles. The summed E-state index contributed by atoms with van der Waals surface area (Å²) in [6.07, 6.45) is 7.40. The molecule has 1 aliphatic heterocycles. The summed E-state index contributed by atoms with van der Waals surface area (Å²) in [5.41, 5.74) is 10.3. The number of carbonyl (C=O) groups excluding carboxylic acids is 2. The van der Waals surface area contributed by atoms with E-state index in [-0.39, 0.29) is 23.8 Å². The molecule has 0 spiro atoms. The molecule has 2 amide bonds. The molecule has 0 radical (unpaired) electrons. The molecule has 2 aromatic carbocycles. The zero-order valence-electron chi connectivity index (χ0n) is 24.2. The number of oxazole rings is 1. The summed E-state index contributed by atoms with van der Waals surface area (Å²) in [5, 5.41) is 3.23. The van der Waals surface area contributed by atoms with Gasteiger partial charge in [-0.05, 0) is 42.8 Å². The van der Waals surface area contributed by atoms with Crippen LogP contribution in [0.4, 0.5) is 11.8 Å². The Hall–Kier alpha value is -5.03. The first-order valence-corrected chi connectivity index (χ1v) is 14.5. The Balaban J connectivity index is 1.22. The Morgan fingerprint density at radius 3 is 2.72 bits per heavy atom. The Morgan fingerprint density at radius 1 is 1.12 bits per heavy atom. The molecule has 3 aromatic heterocycles. The Labute approximate surface area is 249 Å². The normalized spacial score (nSPS) is 15.3. The first kappa shape index (κ1) is 28.1. The summed E-state index contributed by atoms with van der Waals surface area (Å²) in [6.45, 7) is 7.92. The second kappa shape index (κ2) is 12.1. The summed E-state index contributed by atoms with van der Waals surface area (Å²) >= 11 is 0. The number of nitrogen functional groups attached to an aromatic ring is 1. The van der Waals surface area contributed by atoms with Crippen LogP contribution in [0.2, 0.25) is 0 Å². The van der Waals surface area contributed by atoms with E-state index in [1.807, 2.05) is 64.1 Å². The number of carbonyl (C=O) groups is 2. The Kier molecular flexibility index (Phi) is 7.89. The number of amides is 2. The number of likely N-dealkylation sites (tertiary alicyclic amines) is 1.